The van der Waals surface area contributed by atoms with Crippen LogP contribution in [0.25, 0.3) is 0 Å². The molecule has 20 heavy (non-hydrogen) atoms. The molecule has 108 valence electrons. The molecule has 5 heteroatoms. The summed E-state index contributed by atoms with van der Waals surface area (Å²) in [5.74, 6) is 0.378. The Morgan fingerprint density at radius 1 is 1.25 bits per heavy atom. The molecule has 5 nitrogen and oxygen atoms in total. The Balaban J connectivity index is 2.84. The first-order valence-electron chi connectivity index (χ1n) is 6.27. The van der Waals surface area contributed by atoms with E-state index in [-0.39, 0.29) is 18.4 Å². The van der Waals surface area contributed by atoms with Gasteiger partial charge in [-0.3, -0.25) is 9.59 Å². The SMILES string of the molecule is C=CCOc1ccc(N(CC(=O)N(C)C)C(C)=O)cc1. The van der Waals surface area contributed by atoms with Gasteiger partial charge in [0.05, 0.1) is 0 Å². The molecule has 0 atom stereocenters. The third-order valence-corrected chi connectivity index (χ3v) is 2.69. The van der Waals surface area contributed by atoms with Crippen LogP contribution in [0.5, 0.6) is 5.75 Å². The van der Waals surface area contributed by atoms with Crippen LogP contribution in [-0.2, 0) is 9.59 Å². The van der Waals surface area contributed by atoms with Crippen LogP contribution >= 0.6 is 0 Å². The highest BCUT2D eigenvalue weighted by Gasteiger charge is 2.16. The molecule has 0 heterocycles. The molecule has 0 radical (unpaired) electrons. The summed E-state index contributed by atoms with van der Waals surface area (Å²) in [7, 11) is 3.32. The largest absolute Gasteiger partial charge is 0.490 e. The maximum atomic E-state index is 11.7. The molecule has 0 aliphatic rings. The lowest BCUT2D eigenvalue weighted by Gasteiger charge is -2.22. The molecular weight excluding hydrogens is 256 g/mol. The zero-order valence-electron chi connectivity index (χ0n) is 12.1. The minimum absolute atomic E-state index is 0.0230. The lowest BCUT2D eigenvalue weighted by molar-refractivity contribution is -0.129. The van der Waals surface area contributed by atoms with Gasteiger partial charge in [0, 0.05) is 26.7 Å². The van der Waals surface area contributed by atoms with Crippen molar-refractivity contribution in [2.75, 3.05) is 32.1 Å². The standard InChI is InChI=1S/C15H20N2O3/c1-5-10-20-14-8-6-13(7-9-14)17(12(2)18)11-15(19)16(3)4/h5-9H,1,10-11H2,2-4H3. The van der Waals surface area contributed by atoms with E-state index in [0.29, 0.717) is 18.0 Å². The zero-order chi connectivity index (χ0) is 15.1. The quantitative estimate of drug-likeness (QED) is 0.743. The Kier molecular flexibility index (Phi) is 5.77. The fourth-order valence-electron chi connectivity index (χ4n) is 1.54. The van der Waals surface area contributed by atoms with E-state index in [1.54, 1.807) is 44.4 Å². The van der Waals surface area contributed by atoms with Crippen LogP contribution in [0.4, 0.5) is 5.69 Å². The molecule has 0 N–H and O–H groups in total. The van der Waals surface area contributed by atoms with Crippen molar-refractivity contribution >= 4 is 17.5 Å². The number of carbonyl (C=O) groups excluding carboxylic acids is 2. The number of hydrogen-bond acceptors (Lipinski definition) is 3. The van der Waals surface area contributed by atoms with Crippen molar-refractivity contribution in [2.24, 2.45) is 0 Å². The maximum absolute atomic E-state index is 11.7. The zero-order valence-corrected chi connectivity index (χ0v) is 12.1. The van der Waals surface area contributed by atoms with Gasteiger partial charge in [0.1, 0.15) is 18.9 Å². The van der Waals surface area contributed by atoms with Crippen LogP contribution < -0.4 is 9.64 Å². The predicted octanol–water partition coefficient (Wildman–Crippen LogP) is 1.69. The van der Waals surface area contributed by atoms with Gasteiger partial charge in [-0.1, -0.05) is 12.7 Å². The maximum Gasteiger partial charge on any atom is 0.242 e. The van der Waals surface area contributed by atoms with Gasteiger partial charge in [0.15, 0.2) is 0 Å². The van der Waals surface area contributed by atoms with E-state index in [9.17, 15) is 9.59 Å². The van der Waals surface area contributed by atoms with E-state index in [2.05, 4.69) is 6.58 Å². The number of ether oxygens (including phenoxy) is 1. The summed E-state index contributed by atoms with van der Waals surface area (Å²) in [5.41, 5.74) is 0.665. The van der Waals surface area contributed by atoms with Gasteiger partial charge in [-0.05, 0) is 24.3 Å². The van der Waals surface area contributed by atoms with Gasteiger partial charge in [-0.25, -0.2) is 0 Å². The van der Waals surface area contributed by atoms with Crippen molar-refractivity contribution in [3.05, 3.63) is 36.9 Å². The average Bonchev–Trinajstić information content (AvgIpc) is 2.42. The molecule has 0 aliphatic carbocycles. The minimum Gasteiger partial charge on any atom is -0.490 e. The highest BCUT2D eigenvalue weighted by atomic mass is 16.5. The van der Waals surface area contributed by atoms with Gasteiger partial charge in [0.2, 0.25) is 11.8 Å². The van der Waals surface area contributed by atoms with Crippen LogP contribution in [0.3, 0.4) is 0 Å². The van der Waals surface area contributed by atoms with Crippen LogP contribution in [0.1, 0.15) is 6.92 Å². The van der Waals surface area contributed by atoms with Crippen molar-refractivity contribution < 1.29 is 14.3 Å². The monoisotopic (exact) mass is 276 g/mol. The van der Waals surface area contributed by atoms with Gasteiger partial charge >= 0.3 is 0 Å². The van der Waals surface area contributed by atoms with Gasteiger partial charge < -0.3 is 14.5 Å². The smallest absolute Gasteiger partial charge is 0.242 e. The summed E-state index contributed by atoms with van der Waals surface area (Å²) in [6.45, 7) is 5.46. The number of rotatable bonds is 6. The molecule has 0 fully saturated rings. The van der Waals surface area contributed by atoms with Gasteiger partial charge in [-0.2, -0.15) is 0 Å². The van der Waals surface area contributed by atoms with E-state index in [1.165, 1.54) is 16.7 Å². The van der Waals surface area contributed by atoms with Crippen molar-refractivity contribution in [3.8, 4) is 5.75 Å². The first kappa shape index (κ1) is 15.8. The highest BCUT2D eigenvalue weighted by molar-refractivity contribution is 5.97. The van der Waals surface area contributed by atoms with Crippen molar-refractivity contribution in [2.45, 2.75) is 6.92 Å². The Hall–Kier alpha value is -2.30. The normalized spacial score (nSPS) is 9.75. The molecule has 1 aromatic rings. The number of nitrogens with zero attached hydrogens (tertiary/aromatic N) is 2. The molecule has 0 aromatic heterocycles. The molecule has 0 saturated carbocycles. The summed E-state index contributed by atoms with van der Waals surface area (Å²) in [6.07, 6.45) is 1.66. The number of likely N-dealkylation sites (N-methyl/N-ethyl adjacent to an activating group) is 1. The van der Waals surface area contributed by atoms with Crippen molar-refractivity contribution in [1.29, 1.82) is 0 Å². The fourth-order valence-corrected chi connectivity index (χ4v) is 1.54. The first-order chi connectivity index (χ1) is 9.45. The lowest BCUT2D eigenvalue weighted by atomic mass is 10.2. The molecule has 0 unspecified atom stereocenters. The molecule has 0 saturated heterocycles. The Labute approximate surface area is 119 Å². The summed E-state index contributed by atoms with van der Waals surface area (Å²) in [5, 5.41) is 0. The number of amides is 2. The molecule has 0 spiro atoms. The number of benzene rings is 1. The van der Waals surface area contributed by atoms with Crippen molar-refractivity contribution in [3.63, 3.8) is 0 Å². The number of anilines is 1. The predicted molar refractivity (Wildman–Crippen MR) is 78.9 cm³/mol. The molecule has 0 aliphatic heterocycles. The summed E-state index contributed by atoms with van der Waals surface area (Å²) in [6, 6.07) is 7.02. The second-order valence-electron chi connectivity index (χ2n) is 4.49. The molecule has 0 bridgehead atoms. The molecular formula is C15H20N2O3. The number of hydrogen-bond donors (Lipinski definition) is 0. The second kappa shape index (κ2) is 7.33. The van der Waals surface area contributed by atoms with E-state index in [4.69, 9.17) is 4.74 Å². The van der Waals surface area contributed by atoms with Gasteiger partial charge in [0.25, 0.3) is 0 Å². The van der Waals surface area contributed by atoms with Crippen LogP contribution in [0.2, 0.25) is 0 Å². The van der Waals surface area contributed by atoms with Crippen LogP contribution in [0, 0.1) is 0 Å². The topological polar surface area (TPSA) is 49.9 Å². The summed E-state index contributed by atoms with van der Waals surface area (Å²) >= 11 is 0. The van der Waals surface area contributed by atoms with Crippen LogP contribution in [0.15, 0.2) is 36.9 Å². The fraction of sp³-hybridized carbons (Fsp3) is 0.333. The minimum atomic E-state index is -0.181. The molecule has 2 amide bonds. The third kappa shape index (κ3) is 4.42. The Morgan fingerprint density at radius 3 is 2.30 bits per heavy atom. The van der Waals surface area contributed by atoms with E-state index in [0.717, 1.165) is 0 Å². The third-order valence-electron chi connectivity index (χ3n) is 2.69. The Morgan fingerprint density at radius 2 is 1.85 bits per heavy atom. The van der Waals surface area contributed by atoms with Crippen molar-refractivity contribution in [1.82, 2.24) is 4.90 Å². The lowest BCUT2D eigenvalue weighted by Crippen LogP contribution is -2.39. The highest BCUT2D eigenvalue weighted by Crippen LogP contribution is 2.19. The molecule has 1 rings (SSSR count). The summed E-state index contributed by atoms with van der Waals surface area (Å²) in [4.78, 5) is 26.3. The first-order valence-corrected chi connectivity index (χ1v) is 6.27. The average molecular weight is 276 g/mol. The van der Waals surface area contributed by atoms with E-state index < -0.39 is 0 Å². The van der Waals surface area contributed by atoms with E-state index in [1.807, 2.05) is 0 Å². The van der Waals surface area contributed by atoms with Crippen LogP contribution in [-0.4, -0.2) is 44.0 Å². The summed E-state index contributed by atoms with van der Waals surface area (Å²) < 4.78 is 5.37. The van der Waals surface area contributed by atoms with Gasteiger partial charge in [-0.15, -0.1) is 0 Å². The number of carbonyl (C=O) groups is 2. The Bertz CT molecular complexity index is 480. The van der Waals surface area contributed by atoms with E-state index >= 15 is 0 Å². The second-order valence-corrected chi connectivity index (χ2v) is 4.49. The molecule has 1 aromatic carbocycles.